The zero-order valence-corrected chi connectivity index (χ0v) is 15.1. The maximum absolute atomic E-state index is 12.5. The van der Waals surface area contributed by atoms with Crippen molar-refractivity contribution in [1.29, 1.82) is 0 Å². The Kier molecular flexibility index (Phi) is 5.43. The second kappa shape index (κ2) is 7.74. The highest BCUT2D eigenvalue weighted by molar-refractivity contribution is 7.99. The summed E-state index contributed by atoms with van der Waals surface area (Å²) in [5, 5.41) is 3.09. The van der Waals surface area contributed by atoms with E-state index in [-0.39, 0.29) is 17.7 Å². The van der Waals surface area contributed by atoms with Crippen LogP contribution in [0.25, 0.3) is 0 Å². The molecular weight excluding hydrogens is 334 g/mol. The molecule has 25 heavy (non-hydrogen) atoms. The van der Waals surface area contributed by atoms with Crippen LogP contribution in [0.2, 0.25) is 0 Å². The van der Waals surface area contributed by atoms with Crippen LogP contribution in [0.5, 0.6) is 5.75 Å². The molecule has 0 radical (unpaired) electrons. The van der Waals surface area contributed by atoms with Crippen molar-refractivity contribution in [2.24, 2.45) is 0 Å². The van der Waals surface area contributed by atoms with E-state index in [9.17, 15) is 9.59 Å². The van der Waals surface area contributed by atoms with Crippen LogP contribution < -0.4 is 10.1 Å². The minimum absolute atomic E-state index is 0.00572. The van der Waals surface area contributed by atoms with Gasteiger partial charge in [-0.2, -0.15) is 0 Å². The first kappa shape index (κ1) is 17.5. The summed E-state index contributed by atoms with van der Waals surface area (Å²) in [5.41, 5.74) is 1.80. The van der Waals surface area contributed by atoms with Crippen LogP contribution in [0.3, 0.4) is 0 Å². The quantitative estimate of drug-likeness (QED) is 0.824. The molecule has 0 unspecified atom stereocenters. The van der Waals surface area contributed by atoms with Crippen molar-refractivity contribution in [3.05, 3.63) is 59.7 Å². The molecule has 1 aliphatic rings. The zero-order valence-electron chi connectivity index (χ0n) is 14.3. The average molecular weight is 355 g/mol. The number of benzene rings is 2. The summed E-state index contributed by atoms with van der Waals surface area (Å²) in [6, 6.07) is 15.0. The number of Topliss-reactive ketones (excluding diaryl/α,β-unsaturated/α-hetero) is 1. The maximum Gasteiger partial charge on any atom is 0.261 e. The molecular formula is C20H21NO3S. The highest BCUT2D eigenvalue weighted by Crippen LogP contribution is 2.35. The number of ether oxygens (including phenoxy) is 1. The van der Waals surface area contributed by atoms with Gasteiger partial charge in [-0.1, -0.05) is 18.2 Å². The molecule has 4 nitrogen and oxygen atoms in total. The number of thioether (sulfide) groups is 1. The summed E-state index contributed by atoms with van der Waals surface area (Å²) in [6.07, 6.45) is 0.304. The number of carbonyl (C=O) groups excluding carboxylic acids is 2. The molecule has 1 N–H and O–H groups in total. The van der Waals surface area contributed by atoms with E-state index >= 15 is 0 Å². The molecule has 0 saturated heterocycles. The standard InChI is InChI=1S/C20H21NO3S/c1-13(22)15-7-9-16(10-8-15)24-14(2)20(23)21-18-11-12-25-19-6-4-3-5-17(18)19/h3-10,14,18H,11-12H2,1-2H3,(H,21,23)/t14-,18+/m1/s1. The van der Waals surface area contributed by atoms with E-state index in [1.165, 1.54) is 17.4 Å². The van der Waals surface area contributed by atoms with Crippen molar-refractivity contribution in [3.63, 3.8) is 0 Å². The Morgan fingerprint density at radius 3 is 2.60 bits per heavy atom. The third-order valence-electron chi connectivity index (χ3n) is 4.22. The fourth-order valence-corrected chi connectivity index (χ4v) is 3.93. The number of rotatable bonds is 5. The molecule has 1 heterocycles. The third-order valence-corrected chi connectivity index (χ3v) is 5.34. The van der Waals surface area contributed by atoms with E-state index in [1.807, 2.05) is 23.9 Å². The molecule has 0 bridgehead atoms. The van der Waals surface area contributed by atoms with Crippen LogP contribution in [-0.4, -0.2) is 23.5 Å². The monoisotopic (exact) mass is 355 g/mol. The van der Waals surface area contributed by atoms with E-state index in [0.29, 0.717) is 11.3 Å². The predicted molar refractivity (Wildman–Crippen MR) is 99.2 cm³/mol. The molecule has 0 saturated carbocycles. The maximum atomic E-state index is 12.5. The van der Waals surface area contributed by atoms with Crippen molar-refractivity contribution in [3.8, 4) is 5.75 Å². The van der Waals surface area contributed by atoms with E-state index in [0.717, 1.165) is 12.2 Å². The van der Waals surface area contributed by atoms with Crippen LogP contribution >= 0.6 is 11.8 Å². The van der Waals surface area contributed by atoms with Crippen molar-refractivity contribution in [1.82, 2.24) is 5.32 Å². The van der Waals surface area contributed by atoms with Gasteiger partial charge in [-0.15, -0.1) is 11.8 Å². The molecule has 0 spiro atoms. The SMILES string of the molecule is CC(=O)c1ccc(O[C@H](C)C(=O)N[C@H]2CCSc3ccccc32)cc1. The van der Waals surface area contributed by atoms with Crippen molar-refractivity contribution in [2.45, 2.75) is 37.3 Å². The summed E-state index contributed by atoms with van der Waals surface area (Å²) in [4.78, 5) is 25.0. The normalized spacial score (nSPS) is 17.3. The van der Waals surface area contributed by atoms with Gasteiger partial charge in [-0.25, -0.2) is 0 Å². The lowest BCUT2D eigenvalue weighted by molar-refractivity contribution is -0.128. The minimum Gasteiger partial charge on any atom is -0.481 e. The number of carbonyl (C=O) groups is 2. The fraction of sp³-hybridized carbons (Fsp3) is 0.300. The first-order valence-electron chi connectivity index (χ1n) is 8.34. The second-order valence-electron chi connectivity index (χ2n) is 6.08. The molecule has 2 aromatic carbocycles. The molecule has 2 aromatic rings. The first-order valence-corrected chi connectivity index (χ1v) is 9.33. The Balaban J connectivity index is 1.62. The van der Waals surface area contributed by atoms with Crippen molar-refractivity contribution >= 4 is 23.5 Å². The molecule has 0 aromatic heterocycles. The summed E-state index contributed by atoms with van der Waals surface area (Å²) in [5.74, 6) is 1.43. The molecule has 130 valence electrons. The molecule has 0 aliphatic carbocycles. The van der Waals surface area contributed by atoms with Gasteiger partial charge in [0.2, 0.25) is 0 Å². The van der Waals surface area contributed by atoms with Gasteiger partial charge in [-0.3, -0.25) is 9.59 Å². The number of hydrogen-bond donors (Lipinski definition) is 1. The number of hydrogen-bond acceptors (Lipinski definition) is 4. The average Bonchev–Trinajstić information content (AvgIpc) is 2.62. The molecule has 0 fully saturated rings. The summed E-state index contributed by atoms with van der Waals surface area (Å²) < 4.78 is 5.71. The van der Waals surface area contributed by atoms with E-state index in [2.05, 4.69) is 17.4 Å². The Labute approximate surface area is 152 Å². The highest BCUT2D eigenvalue weighted by atomic mass is 32.2. The van der Waals surface area contributed by atoms with Gasteiger partial charge >= 0.3 is 0 Å². The second-order valence-corrected chi connectivity index (χ2v) is 7.21. The van der Waals surface area contributed by atoms with Gasteiger partial charge in [-0.05, 0) is 56.2 Å². The van der Waals surface area contributed by atoms with Crippen LogP contribution in [0, 0.1) is 0 Å². The number of amides is 1. The van der Waals surface area contributed by atoms with Gasteiger partial charge in [0, 0.05) is 16.2 Å². The van der Waals surface area contributed by atoms with Crippen LogP contribution in [0.1, 0.15) is 42.2 Å². The lowest BCUT2D eigenvalue weighted by Gasteiger charge is -2.27. The molecule has 5 heteroatoms. The van der Waals surface area contributed by atoms with Crippen molar-refractivity contribution < 1.29 is 14.3 Å². The van der Waals surface area contributed by atoms with E-state index in [4.69, 9.17) is 4.74 Å². The van der Waals surface area contributed by atoms with Gasteiger partial charge in [0.25, 0.3) is 5.91 Å². The molecule has 1 aliphatic heterocycles. The number of nitrogens with one attached hydrogen (secondary N) is 1. The summed E-state index contributed by atoms with van der Waals surface area (Å²) >= 11 is 1.82. The molecule has 3 rings (SSSR count). The summed E-state index contributed by atoms with van der Waals surface area (Å²) in [6.45, 7) is 3.25. The number of ketones is 1. The third kappa shape index (κ3) is 4.23. The highest BCUT2D eigenvalue weighted by Gasteiger charge is 2.24. The van der Waals surface area contributed by atoms with E-state index < -0.39 is 6.10 Å². The lowest BCUT2D eigenvalue weighted by Crippen LogP contribution is -2.39. The van der Waals surface area contributed by atoms with Crippen LogP contribution in [0.4, 0.5) is 0 Å². The smallest absolute Gasteiger partial charge is 0.261 e. The van der Waals surface area contributed by atoms with Gasteiger partial charge in [0.15, 0.2) is 11.9 Å². The van der Waals surface area contributed by atoms with Gasteiger partial charge in [0.1, 0.15) is 5.75 Å². The van der Waals surface area contributed by atoms with Gasteiger partial charge < -0.3 is 10.1 Å². The fourth-order valence-electron chi connectivity index (χ4n) is 2.81. The topological polar surface area (TPSA) is 55.4 Å². The Bertz CT molecular complexity index is 773. The summed E-state index contributed by atoms with van der Waals surface area (Å²) in [7, 11) is 0. The first-order chi connectivity index (χ1) is 12.0. The Morgan fingerprint density at radius 1 is 1.16 bits per heavy atom. The van der Waals surface area contributed by atoms with Crippen molar-refractivity contribution in [2.75, 3.05) is 5.75 Å². The largest absolute Gasteiger partial charge is 0.481 e. The van der Waals surface area contributed by atoms with E-state index in [1.54, 1.807) is 31.2 Å². The minimum atomic E-state index is -0.607. The zero-order chi connectivity index (χ0) is 17.8. The van der Waals surface area contributed by atoms with Crippen LogP contribution in [-0.2, 0) is 4.79 Å². The Morgan fingerprint density at radius 2 is 1.88 bits per heavy atom. The molecule has 1 amide bonds. The predicted octanol–water partition coefficient (Wildman–Crippen LogP) is 4.01. The van der Waals surface area contributed by atoms with Gasteiger partial charge in [0.05, 0.1) is 6.04 Å². The Hall–Kier alpha value is -2.27. The molecule has 2 atom stereocenters. The number of fused-ring (bicyclic) bond motifs is 1. The lowest BCUT2D eigenvalue weighted by atomic mass is 10.0. The van der Waals surface area contributed by atoms with Crippen LogP contribution in [0.15, 0.2) is 53.4 Å².